The second-order valence-corrected chi connectivity index (χ2v) is 5.32. The van der Waals surface area contributed by atoms with Crippen LogP contribution in [-0.2, 0) is 4.74 Å². The number of benzene rings is 1. The number of hydrogen-bond donors (Lipinski definition) is 1. The minimum atomic E-state index is -0.400. The van der Waals surface area contributed by atoms with Gasteiger partial charge in [-0.05, 0) is 37.1 Å². The molecular weight excluding hydrogens is 284 g/mol. The van der Waals surface area contributed by atoms with E-state index >= 15 is 0 Å². The molecule has 0 bridgehead atoms. The molecule has 0 aromatic heterocycles. The molecule has 0 radical (unpaired) electrons. The molecule has 0 heterocycles. The lowest BCUT2D eigenvalue weighted by atomic mass is 9.88. The maximum absolute atomic E-state index is 9.50. The van der Waals surface area contributed by atoms with Crippen molar-refractivity contribution in [2.45, 2.75) is 38.6 Å². The molecule has 1 aromatic rings. The van der Waals surface area contributed by atoms with E-state index < -0.39 is 6.10 Å². The first-order chi connectivity index (χ1) is 8.02. The fourth-order valence-corrected chi connectivity index (χ4v) is 2.36. The molecule has 4 heteroatoms. The minimum absolute atomic E-state index is 0.0463. The quantitative estimate of drug-likeness (QED) is 0.932. The summed E-state index contributed by atoms with van der Waals surface area (Å²) in [4.78, 5) is 0. The zero-order valence-electron chi connectivity index (χ0n) is 10.2. The fourth-order valence-electron chi connectivity index (χ4n) is 2.13. The number of methoxy groups -OCH3 is 1. The van der Waals surface area contributed by atoms with Crippen LogP contribution in [0.15, 0.2) is 16.6 Å². The Bertz CT molecular complexity index is 396. The fraction of sp³-hybridized carbons (Fsp3) is 0.538. The molecule has 17 heavy (non-hydrogen) atoms. The van der Waals surface area contributed by atoms with Gasteiger partial charge in [0.1, 0.15) is 18.0 Å². The second-order valence-electron chi connectivity index (χ2n) is 4.53. The molecule has 3 nitrogen and oxygen atoms in total. The summed E-state index contributed by atoms with van der Waals surface area (Å²) in [6.45, 7) is 4.07. The van der Waals surface area contributed by atoms with Crippen LogP contribution < -0.4 is 4.74 Å². The van der Waals surface area contributed by atoms with E-state index in [2.05, 4.69) is 15.9 Å². The Hall–Kier alpha value is -0.580. The lowest BCUT2D eigenvalue weighted by Crippen LogP contribution is -2.54. The van der Waals surface area contributed by atoms with Gasteiger partial charge in [0.05, 0.1) is 6.10 Å². The summed E-state index contributed by atoms with van der Waals surface area (Å²) >= 11 is 3.53. The smallest absolute Gasteiger partial charge is 0.130 e. The summed E-state index contributed by atoms with van der Waals surface area (Å²) in [5.41, 5.74) is 2.29. The number of hydrogen-bond acceptors (Lipinski definition) is 3. The maximum Gasteiger partial charge on any atom is 0.130 e. The Balaban J connectivity index is 2.10. The van der Waals surface area contributed by atoms with Gasteiger partial charge in [0.15, 0.2) is 0 Å². The summed E-state index contributed by atoms with van der Waals surface area (Å²) in [6.07, 6.45) is -0.0241. The zero-order valence-corrected chi connectivity index (χ0v) is 11.8. The Morgan fingerprint density at radius 2 is 1.88 bits per heavy atom. The molecule has 1 aliphatic rings. The highest BCUT2D eigenvalue weighted by Gasteiger charge is 2.42. The molecule has 0 aliphatic heterocycles. The highest BCUT2D eigenvalue weighted by molar-refractivity contribution is 9.10. The average Bonchev–Trinajstić information content (AvgIpc) is 2.25. The molecule has 3 unspecified atom stereocenters. The van der Waals surface area contributed by atoms with Crippen LogP contribution in [0.4, 0.5) is 0 Å². The number of aliphatic hydroxyl groups is 1. The van der Waals surface area contributed by atoms with Crippen LogP contribution in [0.5, 0.6) is 5.75 Å². The molecule has 2 rings (SSSR count). The van der Waals surface area contributed by atoms with Crippen LogP contribution >= 0.6 is 15.9 Å². The van der Waals surface area contributed by atoms with E-state index in [1.807, 2.05) is 26.0 Å². The highest BCUT2D eigenvalue weighted by Crippen LogP contribution is 2.31. The van der Waals surface area contributed by atoms with Gasteiger partial charge >= 0.3 is 0 Å². The second kappa shape index (κ2) is 4.96. The standard InChI is InChI=1S/C13H17BrO3/c1-7-4-9(5-8(2)12(7)14)17-11-6-10(15)13(11)16-3/h4-5,10-11,13,15H,6H2,1-3H3. The van der Waals surface area contributed by atoms with Gasteiger partial charge in [0.2, 0.25) is 0 Å². The van der Waals surface area contributed by atoms with Crippen LogP contribution in [0.1, 0.15) is 17.5 Å². The molecule has 0 saturated heterocycles. The third-order valence-corrected chi connectivity index (χ3v) is 4.44. The van der Waals surface area contributed by atoms with Gasteiger partial charge in [0, 0.05) is 18.0 Å². The van der Waals surface area contributed by atoms with Crippen molar-refractivity contribution in [1.82, 2.24) is 0 Å². The van der Waals surface area contributed by atoms with Crippen LogP contribution in [0, 0.1) is 13.8 Å². The molecule has 0 spiro atoms. The van der Waals surface area contributed by atoms with Crippen molar-refractivity contribution in [2.75, 3.05) is 7.11 Å². The molecule has 0 amide bonds. The third kappa shape index (κ3) is 2.49. The monoisotopic (exact) mass is 300 g/mol. The van der Waals surface area contributed by atoms with Gasteiger partial charge in [0.25, 0.3) is 0 Å². The maximum atomic E-state index is 9.50. The van der Waals surface area contributed by atoms with Gasteiger partial charge in [-0.3, -0.25) is 0 Å². The van der Waals surface area contributed by atoms with Crippen molar-refractivity contribution < 1.29 is 14.6 Å². The van der Waals surface area contributed by atoms with Gasteiger partial charge in [-0.1, -0.05) is 15.9 Å². The van der Waals surface area contributed by atoms with E-state index in [0.717, 1.165) is 21.3 Å². The summed E-state index contributed by atoms with van der Waals surface area (Å²) in [5, 5.41) is 9.50. The Kier molecular flexibility index (Phi) is 3.76. The Morgan fingerprint density at radius 1 is 1.29 bits per heavy atom. The number of halogens is 1. The lowest BCUT2D eigenvalue weighted by Gasteiger charge is -2.40. The van der Waals surface area contributed by atoms with Crippen molar-refractivity contribution in [2.24, 2.45) is 0 Å². The van der Waals surface area contributed by atoms with Crippen LogP contribution in [0.3, 0.4) is 0 Å². The van der Waals surface area contributed by atoms with Crippen molar-refractivity contribution in [3.8, 4) is 5.75 Å². The number of aryl methyl sites for hydroxylation is 2. The predicted molar refractivity (Wildman–Crippen MR) is 69.5 cm³/mol. The molecule has 1 saturated carbocycles. The summed E-state index contributed by atoms with van der Waals surface area (Å²) in [6, 6.07) is 3.99. The normalized spacial score (nSPS) is 27.7. The third-order valence-electron chi connectivity index (χ3n) is 3.19. The first-order valence-electron chi connectivity index (χ1n) is 5.67. The van der Waals surface area contributed by atoms with Gasteiger partial charge in [-0.15, -0.1) is 0 Å². The van der Waals surface area contributed by atoms with Gasteiger partial charge in [-0.2, -0.15) is 0 Å². The SMILES string of the molecule is COC1C(O)CC1Oc1cc(C)c(Br)c(C)c1. The van der Waals surface area contributed by atoms with Crippen molar-refractivity contribution in [3.05, 3.63) is 27.7 Å². The lowest BCUT2D eigenvalue weighted by molar-refractivity contribution is -0.149. The first-order valence-corrected chi connectivity index (χ1v) is 6.46. The van der Waals surface area contributed by atoms with Crippen LogP contribution in [0.2, 0.25) is 0 Å². The Labute approximate surface area is 110 Å². The average molecular weight is 301 g/mol. The molecule has 1 aliphatic carbocycles. The van der Waals surface area contributed by atoms with E-state index in [0.29, 0.717) is 6.42 Å². The molecule has 3 atom stereocenters. The molecule has 1 N–H and O–H groups in total. The van der Waals surface area contributed by atoms with E-state index in [1.165, 1.54) is 0 Å². The van der Waals surface area contributed by atoms with Crippen molar-refractivity contribution >= 4 is 15.9 Å². The van der Waals surface area contributed by atoms with Crippen LogP contribution in [-0.4, -0.2) is 30.5 Å². The van der Waals surface area contributed by atoms with E-state index in [-0.39, 0.29) is 12.2 Å². The Morgan fingerprint density at radius 3 is 2.35 bits per heavy atom. The summed E-state index contributed by atoms with van der Waals surface area (Å²) < 4.78 is 12.1. The van der Waals surface area contributed by atoms with Crippen molar-refractivity contribution in [1.29, 1.82) is 0 Å². The largest absolute Gasteiger partial charge is 0.487 e. The van der Waals surface area contributed by atoms with E-state index in [9.17, 15) is 5.11 Å². The summed E-state index contributed by atoms with van der Waals surface area (Å²) in [5.74, 6) is 0.835. The number of ether oxygens (including phenoxy) is 2. The van der Waals surface area contributed by atoms with Crippen molar-refractivity contribution in [3.63, 3.8) is 0 Å². The molecular formula is C13H17BrO3. The van der Waals surface area contributed by atoms with E-state index in [1.54, 1.807) is 7.11 Å². The summed E-state index contributed by atoms with van der Waals surface area (Å²) in [7, 11) is 1.60. The topological polar surface area (TPSA) is 38.7 Å². The highest BCUT2D eigenvalue weighted by atomic mass is 79.9. The van der Waals surface area contributed by atoms with Gasteiger partial charge in [-0.25, -0.2) is 0 Å². The first kappa shape index (κ1) is 12.9. The van der Waals surface area contributed by atoms with Gasteiger partial charge < -0.3 is 14.6 Å². The number of aliphatic hydroxyl groups excluding tert-OH is 1. The minimum Gasteiger partial charge on any atom is -0.487 e. The molecule has 1 aromatic carbocycles. The number of rotatable bonds is 3. The zero-order chi connectivity index (χ0) is 12.6. The molecule has 94 valence electrons. The molecule has 1 fully saturated rings. The van der Waals surface area contributed by atoms with Crippen LogP contribution in [0.25, 0.3) is 0 Å². The van der Waals surface area contributed by atoms with E-state index in [4.69, 9.17) is 9.47 Å². The predicted octanol–water partition coefficient (Wildman–Crippen LogP) is 2.59.